The zero-order valence-electron chi connectivity index (χ0n) is 24.4. The van der Waals surface area contributed by atoms with Crippen LogP contribution >= 0.6 is 0 Å². The Morgan fingerprint density at radius 1 is 1.11 bits per heavy atom. The third-order valence-electron chi connectivity index (χ3n) is 6.23. The lowest BCUT2D eigenvalue weighted by Gasteiger charge is -2.33. The summed E-state index contributed by atoms with van der Waals surface area (Å²) in [6.07, 6.45) is -5.66. The molecule has 0 saturated carbocycles. The number of hydrogen-bond donors (Lipinski definition) is 1. The number of carbonyl (C=O) groups is 2. The predicted molar refractivity (Wildman–Crippen MR) is 149 cm³/mol. The topological polar surface area (TPSA) is 167 Å². The number of amides is 1. The first kappa shape index (κ1) is 33.0. The molecule has 45 heavy (non-hydrogen) atoms. The maximum absolute atomic E-state index is 13.5. The smallest absolute Gasteiger partial charge is 0.511 e. The van der Waals surface area contributed by atoms with Gasteiger partial charge in [-0.2, -0.15) is 18.3 Å². The maximum atomic E-state index is 13.5. The Morgan fingerprint density at radius 3 is 2.31 bits per heavy atom. The van der Waals surface area contributed by atoms with Crippen molar-refractivity contribution < 1.29 is 50.5 Å². The minimum Gasteiger partial charge on any atom is -0.569 e. The molecule has 0 spiro atoms. The van der Waals surface area contributed by atoms with Crippen LogP contribution in [0.2, 0.25) is 0 Å². The van der Waals surface area contributed by atoms with Gasteiger partial charge in [0.05, 0.1) is 27.8 Å². The van der Waals surface area contributed by atoms with E-state index in [4.69, 9.17) is 4.74 Å². The van der Waals surface area contributed by atoms with Crippen LogP contribution in [0.1, 0.15) is 38.4 Å². The van der Waals surface area contributed by atoms with Gasteiger partial charge in [-0.15, -0.1) is 5.01 Å². The number of aryl methyl sites for hydroxylation is 1. The molecule has 18 heteroatoms. The molecule has 1 aliphatic rings. The molecule has 242 valence electrons. The van der Waals surface area contributed by atoms with Crippen LogP contribution in [0.3, 0.4) is 0 Å². The maximum Gasteiger partial charge on any atom is 0.511 e. The second kappa shape index (κ2) is 12.6. The SMILES string of the molecule is Cc1ccc(-c2cc(C(F)(F)F)nn2-c2ccc(S(=O)(=O)NC(=O)[C@@H]3CCN3/[N+]([O-])=N/OCOC(=O)OC(C)(C)C)cc2)cc1. The van der Waals surface area contributed by atoms with E-state index in [0.717, 1.165) is 33.5 Å². The second-order valence-corrected chi connectivity index (χ2v) is 12.5. The Balaban J connectivity index is 1.42. The highest BCUT2D eigenvalue weighted by atomic mass is 32.2. The monoisotopic (exact) mass is 654 g/mol. The predicted octanol–water partition coefficient (Wildman–Crippen LogP) is 4.46. The Morgan fingerprint density at radius 2 is 1.76 bits per heavy atom. The normalized spacial score (nSPS) is 15.7. The Bertz CT molecular complexity index is 1680. The fourth-order valence-electron chi connectivity index (χ4n) is 3.99. The number of alkyl halides is 3. The minimum atomic E-state index is -4.72. The summed E-state index contributed by atoms with van der Waals surface area (Å²) in [5, 5.41) is 19.9. The molecule has 0 unspecified atom stereocenters. The Kier molecular flexibility index (Phi) is 9.27. The summed E-state index contributed by atoms with van der Waals surface area (Å²) in [7, 11) is -4.45. The first-order valence-electron chi connectivity index (χ1n) is 13.3. The molecule has 1 N–H and O–H groups in total. The summed E-state index contributed by atoms with van der Waals surface area (Å²) in [5.41, 5.74) is -0.325. The van der Waals surface area contributed by atoms with Crippen molar-refractivity contribution in [3.05, 3.63) is 71.1 Å². The number of rotatable bonds is 9. The molecule has 1 saturated heterocycles. The van der Waals surface area contributed by atoms with Gasteiger partial charge in [0.1, 0.15) is 5.60 Å². The summed E-state index contributed by atoms with van der Waals surface area (Å²) in [4.78, 5) is 28.3. The number of hydrazine groups is 1. The standard InChI is InChI=1S/C27H29F3N6O8S/c1-17-5-7-18(8-6-17)22-15-23(27(28,29)30)31-35(22)19-9-11-20(12-10-19)45(40,41)32-24(37)21-13-14-34(21)36(39)33-43-16-42-25(38)44-26(2,3)4/h5-12,15,21H,13-14,16H2,1-4H3,(H,32,37)/b36-33-/t21-/m0/s1. The molecule has 1 atom stereocenters. The molecule has 2 aromatic carbocycles. The van der Waals surface area contributed by atoms with E-state index < -0.39 is 52.4 Å². The molecule has 14 nitrogen and oxygen atoms in total. The van der Waals surface area contributed by atoms with Crippen molar-refractivity contribution in [3.63, 3.8) is 0 Å². The van der Waals surface area contributed by atoms with Gasteiger partial charge in [0.15, 0.2) is 11.7 Å². The van der Waals surface area contributed by atoms with E-state index in [9.17, 15) is 36.4 Å². The van der Waals surface area contributed by atoms with Crippen LogP contribution < -0.4 is 4.72 Å². The summed E-state index contributed by atoms with van der Waals surface area (Å²) in [6.45, 7) is 5.96. The molecule has 1 fully saturated rings. The van der Waals surface area contributed by atoms with E-state index in [1.54, 1.807) is 45.0 Å². The number of sulfonamides is 1. The van der Waals surface area contributed by atoms with Crippen LogP contribution in [0, 0.1) is 12.1 Å². The molecule has 1 aromatic heterocycles. The molecule has 0 bridgehead atoms. The highest BCUT2D eigenvalue weighted by Crippen LogP contribution is 2.33. The van der Waals surface area contributed by atoms with Crippen LogP contribution in [0.15, 0.2) is 64.8 Å². The van der Waals surface area contributed by atoms with Crippen molar-refractivity contribution in [3.8, 4) is 16.9 Å². The number of ether oxygens (including phenoxy) is 2. The van der Waals surface area contributed by atoms with Crippen molar-refractivity contribution in [2.75, 3.05) is 13.3 Å². The number of nitrogens with one attached hydrogen (secondary N) is 1. The molecular formula is C27H29F3N6O8S. The van der Waals surface area contributed by atoms with Crippen molar-refractivity contribution in [1.29, 1.82) is 0 Å². The first-order chi connectivity index (χ1) is 20.9. The minimum absolute atomic E-state index is 0.0449. The van der Waals surface area contributed by atoms with E-state index in [-0.39, 0.29) is 34.2 Å². The lowest BCUT2D eigenvalue weighted by molar-refractivity contribution is -0.729. The van der Waals surface area contributed by atoms with Crippen molar-refractivity contribution >= 4 is 22.1 Å². The number of hydrogen-bond acceptors (Lipinski definition) is 10. The van der Waals surface area contributed by atoms with E-state index in [2.05, 4.69) is 20.0 Å². The van der Waals surface area contributed by atoms with E-state index in [1.807, 2.05) is 11.6 Å². The lowest BCUT2D eigenvalue weighted by Crippen LogP contribution is -2.59. The van der Waals surface area contributed by atoms with Crippen LogP contribution in [-0.4, -0.2) is 65.2 Å². The number of benzene rings is 2. The first-order valence-corrected chi connectivity index (χ1v) is 14.8. The van der Waals surface area contributed by atoms with Gasteiger partial charge in [-0.3, -0.25) is 4.79 Å². The third-order valence-corrected chi connectivity index (χ3v) is 7.60. The van der Waals surface area contributed by atoms with Gasteiger partial charge in [0, 0.05) is 12.0 Å². The largest absolute Gasteiger partial charge is 0.569 e. The summed E-state index contributed by atoms with van der Waals surface area (Å²) >= 11 is 0. The van der Waals surface area contributed by atoms with Crippen LogP contribution in [0.25, 0.3) is 16.9 Å². The lowest BCUT2D eigenvalue weighted by atomic mass is 10.1. The van der Waals surface area contributed by atoms with Gasteiger partial charge in [0.2, 0.25) is 5.28 Å². The van der Waals surface area contributed by atoms with Gasteiger partial charge in [0.25, 0.3) is 22.7 Å². The van der Waals surface area contributed by atoms with Crippen molar-refractivity contribution in [1.82, 2.24) is 19.5 Å². The van der Waals surface area contributed by atoms with E-state index >= 15 is 0 Å². The van der Waals surface area contributed by atoms with E-state index in [0.29, 0.717) is 5.56 Å². The number of halogens is 3. The van der Waals surface area contributed by atoms with E-state index in [1.165, 1.54) is 12.1 Å². The molecule has 0 radical (unpaired) electrons. The number of carbonyl (C=O) groups excluding carboxylic acids is 2. The zero-order chi connectivity index (χ0) is 33.2. The average molecular weight is 655 g/mol. The Labute approximate surface area is 255 Å². The van der Waals surface area contributed by atoms with Gasteiger partial charge in [-0.05, 0) is 58.0 Å². The summed E-state index contributed by atoms with van der Waals surface area (Å²) in [5.74, 6) is -1.03. The average Bonchev–Trinajstić information content (AvgIpc) is 3.36. The third kappa shape index (κ3) is 8.20. The van der Waals surface area contributed by atoms with Crippen molar-refractivity contribution in [2.45, 2.75) is 56.8 Å². The quantitative estimate of drug-likeness (QED) is 0.0869. The van der Waals surface area contributed by atoms with Crippen LogP contribution in [0.5, 0.6) is 0 Å². The van der Waals surface area contributed by atoms with Gasteiger partial charge >= 0.3 is 12.3 Å². The van der Waals surface area contributed by atoms with Crippen molar-refractivity contribution in [2.24, 2.45) is 5.28 Å². The molecule has 3 aromatic rings. The zero-order valence-corrected chi connectivity index (χ0v) is 25.3. The van der Waals surface area contributed by atoms with Crippen LogP contribution in [-0.2, 0) is 35.3 Å². The molecule has 0 aliphatic carbocycles. The number of aromatic nitrogens is 2. The fraction of sp³-hybridized carbons (Fsp3) is 0.370. The van der Waals surface area contributed by atoms with Gasteiger partial charge in [-0.25, -0.2) is 22.6 Å². The van der Waals surface area contributed by atoms with Crippen LogP contribution in [0.4, 0.5) is 18.0 Å². The fourth-order valence-corrected chi connectivity index (χ4v) is 5.00. The Hall–Kier alpha value is -4.87. The molecule has 1 amide bonds. The number of nitrogens with zero attached hydrogens (tertiary/aromatic N) is 5. The highest BCUT2D eigenvalue weighted by molar-refractivity contribution is 7.90. The second-order valence-electron chi connectivity index (χ2n) is 10.8. The summed E-state index contributed by atoms with van der Waals surface area (Å²) < 4.78 is 78.7. The highest BCUT2D eigenvalue weighted by Gasteiger charge is 2.42. The van der Waals surface area contributed by atoms with Gasteiger partial charge < -0.3 is 19.5 Å². The summed E-state index contributed by atoms with van der Waals surface area (Å²) in [6, 6.07) is 11.1. The van der Waals surface area contributed by atoms with Gasteiger partial charge in [-0.1, -0.05) is 29.8 Å². The molecule has 4 rings (SSSR count). The molecular weight excluding hydrogens is 625 g/mol. The molecule has 2 heterocycles. The molecule has 1 aliphatic heterocycles.